The maximum atomic E-state index is 13.6. The van der Waals surface area contributed by atoms with E-state index in [-0.39, 0.29) is 17.9 Å². The molecule has 0 radical (unpaired) electrons. The van der Waals surface area contributed by atoms with E-state index in [4.69, 9.17) is 4.74 Å². The number of benzene rings is 2. The lowest BCUT2D eigenvalue weighted by atomic mass is 9.98. The van der Waals surface area contributed by atoms with Crippen molar-refractivity contribution in [2.45, 2.75) is 53.1 Å². The Labute approximate surface area is 184 Å². The molecule has 2 aliphatic heterocycles. The first-order valence-corrected chi connectivity index (χ1v) is 11.1. The molecule has 2 heterocycles. The van der Waals surface area contributed by atoms with Crippen LogP contribution in [0.15, 0.2) is 48.2 Å². The van der Waals surface area contributed by atoms with Crippen molar-refractivity contribution in [3.63, 3.8) is 0 Å². The summed E-state index contributed by atoms with van der Waals surface area (Å²) in [7, 11) is 0. The number of carbonyl (C=O) groups is 2. The summed E-state index contributed by atoms with van der Waals surface area (Å²) >= 11 is 0. The van der Waals surface area contributed by atoms with Gasteiger partial charge >= 0.3 is 0 Å². The standard InChI is InChI=1S/C26H30N2O3/c1-17(2)31-22-12-10-21(11-13-22)28-25(29)23(20-9-8-18(3)19(4)16-20)24(26(28)30)27-14-6-5-7-15-27/h8-13,16-17H,5-7,14-15H2,1-4H3. The van der Waals surface area contributed by atoms with Crippen LogP contribution in [0.3, 0.4) is 0 Å². The summed E-state index contributed by atoms with van der Waals surface area (Å²) < 4.78 is 5.71. The first kappa shape index (κ1) is 21.2. The molecule has 0 bridgehead atoms. The van der Waals surface area contributed by atoms with Crippen molar-refractivity contribution in [3.05, 3.63) is 64.9 Å². The maximum Gasteiger partial charge on any atom is 0.282 e. The number of imide groups is 1. The molecule has 31 heavy (non-hydrogen) atoms. The van der Waals surface area contributed by atoms with Gasteiger partial charge in [0.2, 0.25) is 0 Å². The molecule has 0 N–H and O–H groups in total. The lowest BCUT2D eigenvalue weighted by molar-refractivity contribution is -0.120. The molecule has 0 saturated carbocycles. The van der Waals surface area contributed by atoms with E-state index in [9.17, 15) is 9.59 Å². The maximum absolute atomic E-state index is 13.6. The van der Waals surface area contributed by atoms with Gasteiger partial charge < -0.3 is 9.64 Å². The predicted molar refractivity (Wildman–Crippen MR) is 123 cm³/mol. The Kier molecular flexibility index (Phi) is 5.86. The molecular weight excluding hydrogens is 388 g/mol. The number of carbonyl (C=O) groups excluding carboxylic acids is 2. The average molecular weight is 419 g/mol. The molecular formula is C26H30N2O3. The number of amides is 2. The van der Waals surface area contributed by atoms with E-state index >= 15 is 0 Å². The third-order valence-electron chi connectivity index (χ3n) is 5.99. The zero-order chi connectivity index (χ0) is 22.1. The van der Waals surface area contributed by atoms with Gasteiger partial charge in [0, 0.05) is 13.1 Å². The van der Waals surface area contributed by atoms with Crippen molar-refractivity contribution in [2.24, 2.45) is 0 Å². The Morgan fingerprint density at radius 2 is 1.52 bits per heavy atom. The highest BCUT2D eigenvalue weighted by Crippen LogP contribution is 2.36. The van der Waals surface area contributed by atoms with Gasteiger partial charge in [-0.25, -0.2) is 4.90 Å². The normalized spacial score (nSPS) is 17.2. The second-order valence-corrected chi connectivity index (χ2v) is 8.68. The van der Waals surface area contributed by atoms with Gasteiger partial charge in [0.1, 0.15) is 11.4 Å². The molecule has 2 aliphatic rings. The molecule has 162 valence electrons. The van der Waals surface area contributed by atoms with E-state index in [1.54, 1.807) is 12.1 Å². The number of likely N-dealkylation sites (tertiary alicyclic amines) is 1. The van der Waals surface area contributed by atoms with Gasteiger partial charge in [0.15, 0.2) is 0 Å². The molecule has 0 unspecified atom stereocenters. The largest absolute Gasteiger partial charge is 0.491 e. The number of hydrogen-bond acceptors (Lipinski definition) is 4. The third-order valence-corrected chi connectivity index (χ3v) is 5.99. The van der Waals surface area contributed by atoms with Crippen molar-refractivity contribution in [1.29, 1.82) is 0 Å². The van der Waals surface area contributed by atoms with Crippen LogP contribution < -0.4 is 9.64 Å². The van der Waals surface area contributed by atoms with Crippen LogP contribution in [0, 0.1) is 13.8 Å². The molecule has 5 heteroatoms. The first-order chi connectivity index (χ1) is 14.9. The number of ether oxygens (including phenoxy) is 1. The van der Waals surface area contributed by atoms with Crippen LogP contribution in [0.4, 0.5) is 5.69 Å². The Morgan fingerprint density at radius 1 is 0.839 bits per heavy atom. The van der Waals surface area contributed by atoms with E-state index in [2.05, 4.69) is 4.90 Å². The fourth-order valence-corrected chi connectivity index (χ4v) is 4.27. The van der Waals surface area contributed by atoms with Crippen molar-refractivity contribution in [2.75, 3.05) is 18.0 Å². The van der Waals surface area contributed by atoms with Gasteiger partial charge in [-0.1, -0.05) is 18.2 Å². The fraction of sp³-hybridized carbons (Fsp3) is 0.385. The van der Waals surface area contributed by atoms with Gasteiger partial charge in [-0.3, -0.25) is 9.59 Å². The van der Waals surface area contributed by atoms with Crippen LogP contribution in [0.5, 0.6) is 5.75 Å². The Bertz CT molecular complexity index is 1030. The molecule has 2 aromatic rings. The number of nitrogens with zero attached hydrogens (tertiary/aromatic N) is 2. The van der Waals surface area contributed by atoms with Crippen LogP contribution in [-0.2, 0) is 9.59 Å². The van der Waals surface area contributed by atoms with E-state index < -0.39 is 0 Å². The molecule has 4 rings (SSSR count). The molecule has 2 amide bonds. The van der Waals surface area contributed by atoms with E-state index in [0.717, 1.165) is 49.2 Å². The van der Waals surface area contributed by atoms with E-state index in [1.807, 2.05) is 58.0 Å². The summed E-state index contributed by atoms with van der Waals surface area (Å²) in [4.78, 5) is 30.6. The topological polar surface area (TPSA) is 49.9 Å². The van der Waals surface area contributed by atoms with Crippen LogP contribution in [0.25, 0.3) is 5.57 Å². The molecule has 0 aliphatic carbocycles. The monoisotopic (exact) mass is 418 g/mol. The van der Waals surface area contributed by atoms with Crippen LogP contribution in [0.2, 0.25) is 0 Å². The second-order valence-electron chi connectivity index (χ2n) is 8.68. The smallest absolute Gasteiger partial charge is 0.282 e. The molecule has 2 aromatic carbocycles. The molecule has 0 spiro atoms. The lowest BCUT2D eigenvalue weighted by Gasteiger charge is -2.29. The predicted octanol–water partition coefficient (Wildman–Crippen LogP) is 4.86. The zero-order valence-electron chi connectivity index (χ0n) is 18.8. The number of hydrogen-bond donors (Lipinski definition) is 0. The molecule has 1 fully saturated rings. The van der Waals surface area contributed by atoms with Crippen LogP contribution >= 0.6 is 0 Å². The quantitative estimate of drug-likeness (QED) is 0.651. The molecule has 1 saturated heterocycles. The third kappa shape index (κ3) is 4.09. The molecule has 0 atom stereocenters. The summed E-state index contributed by atoms with van der Waals surface area (Å²) in [6.45, 7) is 9.62. The van der Waals surface area contributed by atoms with Crippen molar-refractivity contribution >= 4 is 23.1 Å². The number of aryl methyl sites for hydroxylation is 2. The SMILES string of the molecule is Cc1ccc(C2=C(N3CCCCC3)C(=O)N(c3ccc(OC(C)C)cc3)C2=O)cc1C. The van der Waals surface area contributed by atoms with Gasteiger partial charge in [-0.05, 0) is 87.9 Å². The number of rotatable bonds is 5. The summed E-state index contributed by atoms with van der Waals surface area (Å²) in [5.41, 5.74) is 4.70. The molecule has 0 aromatic heterocycles. The Morgan fingerprint density at radius 3 is 2.13 bits per heavy atom. The number of piperidine rings is 1. The van der Waals surface area contributed by atoms with Gasteiger partial charge in [0.25, 0.3) is 11.8 Å². The van der Waals surface area contributed by atoms with Crippen molar-refractivity contribution in [1.82, 2.24) is 4.90 Å². The highest BCUT2D eigenvalue weighted by atomic mass is 16.5. The summed E-state index contributed by atoms with van der Waals surface area (Å²) in [6.07, 6.45) is 3.29. The van der Waals surface area contributed by atoms with E-state index in [0.29, 0.717) is 17.0 Å². The second kappa shape index (κ2) is 8.58. The first-order valence-electron chi connectivity index (χ1n) is 11.1. The Hall–Kier alpha value is -3.08. The highest BCUT2D eigenvalue weighted by molar-refractivity contribution is 6.45. The summed E-state index contributed by atoms with van der Waals surface area (Å²) in [5.74, 6) is 0.223. The van der Waals surface area contributed by atoms with Gasteiger partial charge in [-0.2, -0.15) is 0 Å². The fourth-order valence-electron chi connectivity index (χ4n) is 4.27. The Balaban J connectivity index is 1.75. The minimum atomic E-state index is -0.258. The summed E-state index contributed by atoms with van der Waals surface area (Å²) in [6, 6.07) is 13.2. The highest BCUT2D eigenvalue weighted by Gasteiger charge is 2.42. The average Bonchev–Trinajstić information content (AvgIpc) is 3.01. The van der Waals surface area contributed by atoms with Gasteiger partial charge in [-0.15, -0.1) is 0 Å². The molecule has 5 nitrogen and oxygen atoms in total. The van der Waals surface area contributed by atoms with Crippen LogP contribution in [-0.4, -0.2) is 35.9 Å². The zero-order valence-corrected chi connectivity index (χ0v) is 18.8. The van der Waals surface area contributed by atoms with Crippen molar-refractivity contribution in [3.8, 4) is 5.75 Å². The van der Waals surface area contributed by atoms with E-state index in [1.165, 1.54) is 10.5 Å². The van der Waals surface area contributed by atoms with Crippen LogP contribution in [0.1, 0.15) is 49.8 Å². The minimum absolute atomic E-state index is 0.0599. The minimum Gasteiger partial charge on any atom is -0.491 e. The van der Waals surface area contributed by atoms with Crippen molar-refractivity contribution < 1.29 is 14.3 Å². The number of anilines is 1. The lowest BCUT2D eigenvalue weighted by Crippen LogP contribution is -2.37. The summed E-state index contributed by atoms with van der Waals surface area (Å²) in [5, 5.41) is 0. The van der Waals surface area contributed by atoms with Gasteiger partial charge in [0.05, 0.1) is 17.4 Å².